The van der Waals surface area contributed by atoms with Gasteiger partial charge in [0.1, 0.15) is 12.2 Å². The molecule has 2 heterocycles. The number of hydrogen-bond donors (Lipinski definition) is 2. The molecule has 2 aromatic rings. The molecule has 2 amide bonds. The van der Waals surface area contributed by atoms with Crippen LogP contribution in [0.4, 0.5) is 4.79 Å². The zero-order valence-corrected chi connectivity index (χ0v) is 14.7. The molecule has 0 saturated heterocycles. The van der Waals surface area contributed by atoms with E-state index >= 15 is 0 Å². The SMILES string of the molecule is CC(C)(COCc1ccccc1)NC(=O)N[C@@H]1CCCn2ncnc21. The Labute approximate surface area is 147 Å². The van der Waals surface area contributed by atoms with Crippen LogP contribution in [0.25, 0.3) is 0 Å². The van der Waals surface area contributed by atoms with Crippen LogP contribution in [0.2, 0.25) is 0 Å². The van der Waals surface area contributed by atoms with E-state index in [2.05, 4.69) is 20.7 Å². The van der Waals surface area contributed by atoms with Gasteiger partial charge in [0.25, 0.3) is 0 Å². The van der Waals surface area contributed by atoms with Gasteiger partial charge in [0.05, 0.1) is 24.8 Å². The molecule has 2 N–H and O–H groups in total. The average Bonchev–Trinajstić information content (AvgIpc) is 3.05. The molecule has 3 rings (SSSR count). The molecular formula is C18H25N5O2. The second kappa shape index (κ2) is 7.65. The molecule has 0 saturated carbocycles. The first-order valence-electron chi connectivity index (χ1n) is 8.61. The Kier molecular flexibility index (Phi) is 5.33. The number of fused-ring (bicyclic) bond motifs is 1. The van der Waals surface area contributed by atoms with Gasteiger partial charge in [0.2, 0.25) is 0 Å². The first-order chi connectivity index (χ1) is 12.0. The van der Waals surface area contributed by atoms with Crippen molar-refractivity contribution >= 4 is 6.03 Å². The normalized spacial score (nSPS) is 17.0. The molecule has 1 aromatic heterocycles. The number of amides is 2. The first-order valence-corrected chi connectivity index (χ1v) is 8.61. The minimum Gasteiger partial charge on any atom is -0.374 e. The van der Waals surface area contributed by atoms with E-state index in [0.717, 1.165) is 30.8 Å². The van der Waals surface area contributed by atoms with Crippen molar-refractivity contribution in [2.24, 2.45) is 0 Å². The summed E-state index contributed by atoms with van der Waals surface area (Å²) in [4.78, 5) is 16.6. The Balaban J connectivity index is 1.47. The van der Waals surface area contributed by atoms with Gasteiger partial charge in [-0.15, -0.1) is 0 Å². The maximum atomic E-state index is 12.4. The van der Waals surface area contributed by atoms with Crippen LogP contribution in [0, 0.1) is 0 Å². The Morgan fingerprint density at radius 2 is 2.16 bits per heavy atom. The molecule has 7 heteroatoms. The number of nitrogens with zero attached hydrogens (tertiary/aromatic N) is 3. The largest absolute Gasteiger partial charge is 0.374 e. The fourth-order valence-corrected chi connectivity index (χ4v) is 2.96. The summed E-state index contributed by atoms with van der Waals surface area (Å²) in [7, 11) is 0. The van der Waals surface area contributed by atoms with Crippen molar-refractivity contribution in [1.82, 2.24) is 25.4 Å². The van der Waals surface area contributed by atoms with Crippen LogP contribution >= 0.6 is 0 Å². The first kappa shape index (κ1) is 17.4. The topological polar surface area (TPSA) is 81.1 Å². The number of carbonyl (C=O) groups excluding carboxylic acids is 1. The van der Waals surface area contributed by atoms with Gasteiger partial charge in [-0.05, 0) is 32.3 Å². The lowest BCUT2D eigenvalue weighted by Gasteiger charge is -2.29. The van der Waals surface area contributed by atoms with Crippen LogP contribution in [-0.2, 0) is 17.9 Å². The summed E-state index contributed by atoms with van der Waals surface area (Å²) >= 11 is 0. The maximum absolute atomic E-state index is 12.4. The molecule has 1 aliphatic rings. The Bertz CT molecular complexity index is 699. The molecule has 0 spiro atoms. The highest BCUT2D eigenvalue weighted by molar-refractivity contribution is 5.75. The second-order valence-corrected chi connectivity index (χ2v) is 7.00. The zero-order chi connectivity index (χ0) is 17.7. The fraction of sp³-hybridized carbons (Fsp3) is 0.500. The molecule has 1 atom stereocenters. The van der Waals surface area contributed by atoms with E-state index in [1.54, 1.807) is 0 Å². The summed E-state index contributed by atoms with van der Waals surface area (Å²) in [6.07, 6.45) is 3.39. The molecule has 0 radical (unpaired) electrons. The second-order valence-electron chi connectivity index (χ2n) is 7.00. The fourth-order valence-electron chi connectivity index (χ4n) is 2.96. The van der Waals surface area contributed by atoms with E-state index in [4.69, 9.17) is 4.74 Å². The zero-order valence-electron chi connectivity index (χ0n) is 14.7. The lowest BCUT2D eigenvalue weighted by Crippen LogP contribution is -2.52. The molecule has 1 aromatic carbocycles. The smallest absolute Gasteiger partial charge is 0.315 e. The van der Waals surface area contributed by atoms with Crippen LogP contribution in [0.3, 0.4) is 0 Å². The quantitative estimate of drug-likeness (QED) is 0.844. The van der Waals surface area contributed by atoms with Crippen molar-refractivity contribution in [3.8, 4) is 0 Å². The molecule has 134 valence electrons. The van der Waals surface area contributed by atoms with E-state index in [9.17, 15) is 4.79 Å². The van der Waals surface area contributed by atoms with Crippen molar-refractivity contribution in [2.75, 3.05) is 6.61 Å². The summed E-state index contributed by atoms with van der Waals surface area (Å²) in [5.74, 6) is 0.819. The molecule has 1 aliphatic heterocycles. The van der Waals surface area contributed by atoms with Gasteiger partial charge in [-0.25, -0.2) is 14.5 Å². The van der Waals surface area contributed by atoms with Gasteiger partial charge in [-0.2, -0.15) is 5.10 Å². The highest BCUT2D eigenvalue weighted by atomic mass is 16.5. The Morgan fingerprint density at radius 1 is 1.36 bits per heavy atom. The Morgan fingerprint density at radius 3 is 2.96 bits per heavy atom. The van der Waals surface area contributed by atoms with Gasteiger partial charge >= 0.3 is 6.03 Å². The van der Waals surface area contributed by atoms with Crippen molar-refractivity contribution in [3.63, 3.8) is 0 Å². The van der Waals surface area contributed by atoms with E-state index in [0.29, 0.717) is 13.2 Å². The molecule has 0 fully saturated rings. The summed E-state index contributed by atoms with van der Waals surface area (Å²) in [6, 6.07) is 9.67. The summed E-state index contributed by atoms with van der Waals surface area (Å²) in [5.41, 5.74) is 0.644. The lowest BCUT2D eigenvalue weighted by atomic mass is 10.1. The number of nitrogens with one attached hydrogen (secondary N) is 2. The third kappa shape index (κ3) is 4.79. The highest BCUT2D eigenvalue weighted by Gasteiger charge is 2.26. The Hall–Kier alpha value is -2.41. The number of urea groups is 1. The average molecular weight is 343 g/mol. The van der Waals surface area contributed by atoms with Crippen molar-refractivity contribution in [2.45, 2.75) is 51.4 Å². The summed E-state index contributed by atoms with van der Waals surface area (Å²) < 4.78 is 7.60. The van der Waals surface area contributed by atoms with Crippen LogP contribution in [0.1, 0.15) is 44.1 Å². The monoisotopic (exact) mass is 343 g/mol. The van der Waals surface area contributed by atoms with E-state index in [-0.39, 0.29) is 12.1 Å². The number of rotatable bonds is 6. The van der Waals surface area contributed by atoms with Crippen LogP contribution in [0.15, 0.2) is 36.7 Å². The van der Waals surface area contributed by atoms with Crippen molar-refractivity contribution < 1.29 is 9.53 Å². The lowest BCUT2D eigenvalue weighted by molar-refractivity contribution is 0.0740. The highest BCUT2D eigenvalue weighted by Crippen LogP contribution is 2.21. The molecule has 0 aliphatic carbocycles. The number of carbonyl (C=O) groups is 1. The minimum absolute atomic E-state index is 0.0997. The third-order valence-corrected chi connectivity index (χ3v) is 4.15. The van der Waals surface area contributed by atoms with Crippen LogP contribution in [-0.4, -0.2) is 32.9 Å². The third-order valence-electron chi connectivity index (χ3n) is 4.15. The molecule has 0 unspecified atom stereocenters. The van der Waals surface area contributed by atoms with Crippen LogP contribution < -0.4 is 10.6 Å². The number of aromatic nitrogens is 3. The molecular weight excluding hydrogens is 318 g/mol. The van der Waals surface area contributed by atoms with Gasteiger partial charge in [-0.3, -0.25) is 0 Å². The summed E-state index contributed by atoms with van der Waals surface area (Å²) in [6.45, 7) is 5.70. The number of aryl methyl sites for hydroxylation is 1. The van der Waals surface area contributed by atoms with Gasteiger partial charge in [0, 0.05) is 6.54 Å². The number of hydrogen-bond acceptors (Lipinski definition) is 4. The van der Waals surface area contributed by atoms with E-state index in [1.165, 1.54) is 6.33 Å². The van der Waals surface area contributed by atoms with E-state index < -0.39 is 5.54 Å². The maximum Gasteiger partial charge on any atom is 0.315 e. The number of ether oxygens (including phenoxy) is 1. The molecule has 0 bridgehead atoms. The van der Waals surface area contributed by atoms with Crippen molar-refractivity contribution in [3.05, 3.63) is 48.0 Å². The standard InChI is InChI=1S/C18H25N5O2/c1-18(2,12-25-11-14-7-4-3-5-8-14)22-17(24)21-15-9-6-10-23-16(15)19-13-20-23/h3-5,7-8,13,15H,6,9-12H2,1-2H3,(H2,21,22,24)/t15-/m1/s1. The van der Waals surface area contributed by atoms with Crippen molar-refractivity contribution in [1.29, 1.82) is 0 Å². The molecule has 7 nitrogen and oxygen atoms in total. The van der Waals surface area contributed by atoms with Gasteiger partial charge in [-0.1, -0.05) is 30.3 Å². The predicted molar refractivity (Wildman–Crippen MR) is 93.8 cm³/mol. The van der Waals surface area contributed by atoms with Gasteiger partial charge in [0.15, 0.2) is 0 Å². The van der Waals surface area contributed by atoms with Gasteiger partial charge < -0.3 is 15.4 Å². The van der Waals surface area contributed by atoms with E-state index in [1.807, 2.05) is 48.9 Å². The number of benzene rings is 1. The predicted octanol–water partition coefficient (Wildman–Crippen LogP) is 2.41. The van der Waals surface area contributed by atoms with Crippen LogP contribution in [0.5, 0.6) is 0 Å². The minimum atomic E-state index is -0.471. The summed E-state index contributed by atoms with van der Waals surface area (Å²) in [5, 5.41) is 10.1. The molecule has 25 heavy (non-hydrogen) atoms.